The van der Waals surface area contributed by atoms with Crippen LogP contribution < -0.4 is 5.32 Å². The summed E-state index contributed by atoms with van der Waals surface area (Å²) in [6.45, 7) is 1.92. The molecular weight excluding hydrogens is 270 g/mol. The maximum absolute atomic E-state index is 12.0. The van der Waals surface area contributed by atoms with E-state index in [0.29, 0.717) is 11.6 Å². The fourth-order valence-corrected chi connectivity index (χ4v) is 1.62. The summed E-state index contributed by atoms with van der Waals surface area (Å²) in [7, 11) is 0. The van der Waals surface area contributed by atoms with Crippen molar-refractivity contribution in [2.45, 2.75) is 6.92 Å². The lowest BCUT2D eigenvalue weighted by molar-refractivity contribution is 0.102. The average Bonchev–Trinajstić information content (AvgIpc) is 3.04. The second-order valence-corrected chi connectivity index (χ2v) is 4.29. The van der Waals surface area contributed by atoms with Gasteiger partial charge in [-0.2, -0.15) is 5.10 Å². The fraction of sp³-hybridized carbons (Fsp3) is 0.0769. The highest BCUT2D eigenvalue weighted by atomic mass is 16.2. The van der Waals surface area contributed by atoms with Crippen LogP contribution in [0.25, 0.3) is 5.82 Å². The number of aryl methyl sites for hydroxylation is 1. The van der Waals surface area contributed by atoms with Crippen LogP contribution in [0.3, 0.4) is 0 Å². The Bertz CT molecular complexity index is 735. The molecule has 3 aromatic heterocycles. The molecule has 0 spiro atoms. The monoisotopic (exact) mass is 281 g/mol. The highest BCUT2D eigenvalue weighted by Gasteiger charge is 2.10. The molecule has 3 rings (SSSR count). The first-order chi connectivity index (χ1) is 10.2. The van der Waals surface area contributed by atoms with Crippen molar-refractivity contribution < 1.29 is 4.79 Å². The van der Waals surface area contributed by atoms with Gasteiger partial charge in [-0.25, -0.2) is 14.6 Å². The van der Waals surface area contributed by atoms with Crippen LogP contribution in [0, 0.1) is 6.92 Å². The summed E-state index contributed by atoms with van der Waals surface area (Å²) in [4.78, 5) is 19.9. The molecule has 1 amide bonds. The van der Waals surface area contributed by atoms with Gasteiger partial charge in [0, 0.05) is 6.20 Å². The van der Waals surface area contributed by atoms with E-state index in [0.717, 1.165) is 5.56 Å². The predicted molar refractivity (Wildman–Crippen MR) is 73.9 cm³/mol. The van der Waals surface area contributed by atoms with Crippen LogP contribution in [0.1, 0.15) is 16.1 Å². The van der Waals surface area contributed by atoms with Gasteiger partial charge in [0.15, 0.2) is 11.5 Å². The molecule has 0 fully saturated rings. The zero-order valence-electron chi connectivity index (χ0n) is 11.1. The second kappa shape index (κ2) is 5.45. The molecule has 8 nitrogen and oxygen atoms in total. The number of hydrogen-bond donors (Lipinski definition) is 1. The Labute approximate surface area is 119 Å². The van der Waals surface area contributed by atoms with Gasteiger partial charge in [0.05, 0.1) is 0 Å². The van der Waals surface area contributed by atoms with E-state index in [1.54, 1.807) is 24.4 Å². The molecule has 0 radical (unpaired) electrons. The van der Waals surface area contributed by atoms with Crippen molar-refractivity contribution in [3.05, 3.63) is 54.4 Å². The largest absolute Gasteiger partial charge is 0.305 e. The minimum atomic E-state index is -0.371. The normalized spacial score (nSPS) is 10.3. The quantitative estimate of drug-likeness (QED) is 0.769. The Morgan fingerprint density at radius 2 is 2.10 bits per heavy atom. The van der Waals surface area contributed by atoms with E-state index in [-0.39, 0.29) is 11.6 Å². The molecule has 8 heteroatoms. The lowest BCUT2D eigenvalue weighted by atomic mass is 10.3. The van der Waals surface area contributed by atoms with Crippen molar-refractivity contribution in [3.63, 3.8) is 0 Å². The van der Waals surface area contributed by atoms with E-state index >= 15 is 0 Å². The number of nitrogens with one attached hydrogen (secondary N) is 1. The molecule has 0 saturated heterocycles. The third-order valence-corrected chi connectivity index (χ3v) is 2.69. The molecule has 1 N–H and O–H groups in total. The number of aromatic nitrogens is 6. The summed E-state index contributed by atoms with van der Waals surface area (Å²) in [6.07, 6.45) is 4.57. The predicted octanol–water partition coefficient (Wildman–Crippen LogP) is 1.01. The molecule has 0 bridgehead atoms. The van der Waals surface area contributed by atoms with Crippen LogP contribution >= 0.6 is 0 Å². The van der Waals surface area contributed by atoms with Gasteiger partial charge in [-0.05, 0) is 30.7 Å². The van der Waals surface area contributed by atoms with Crippen molar-refractivity contribution in [1.82, 2.24) is 29.9 Å². The SMILES string of the molecule is Cc1ccc(NC(=O)c2ccc(-n3cncn3)nn2)nc1. The van der Waals surface area contributed by atoms with Crippen LogP contribution in [-0.4, -0.2) is 35.9 Å². The molecule has 0 saturated carbocycles. The standard InChI is InChI=1S/C13H11N7O/c1-9-2-4-11(15-6-9)17-13(21)10-3-5-12(19-18-10)20-8-14-7-16-20/h2-8H,1H3,(H,15,17,21). The first kappa shape index (κ1) is 12.9. The summed E-state index contributed by atoms with van der Waals surface area (Å²) in [5, 5.41) is 14.4. The molecule has 3 heterocycles. The molecule has 0 aliphatic heterocycles. The maximum Gasteiger partial charge on any atom is 0.277 e. The van der Waals surface area contributed by atoms with Crippen LogP contribution in [0.15, 0.2) is 43.1 Å². The van der Waals surface area contributed by atoms with Crippen LogP contribution in [0.4, 0.5) is 5.82 Å². The third kappa shape index (κ3) is 2.89. The number of hydrogen-bond acceptors (Lipinski definition) is 6. The van der Waals surface area contributed by atoms with Crippen molar-refractivity contribution >= 4 is 11.7 Å². The Morgan fingerprint density at radius 3 is 2.71 bits per heavy atom. The van der Waals surface area contributed by atoms with E-state index in [9.17, 15) is 4.79 Å². The molecule has 21 heavy (non-hydrogen) atoms. The topological polar surface area (TPSA) is 98.5 Å². The highest BCUT2D eigenvalue weighted by molar-refractivity contribution is 6.02. The van der Waals surface area contributed by atoms with E-state index in [1.165, 1.54) is 17.3 Å². The molecule has 0 unspecified atom stereocenters. The lowest BCUT2D eigenvalue weighted by Crippen LogP contribution is -2.15. The van der Waals surface area contributed by atoms with Gasteiger partial charge in [-0.3, -0.25) is 4.79 Å². The number of carbonyl (C=O) groups excluding carboxylic acids is 1. The minimum absolute atomic E-state index is 0.196. The molecule has 0 aliphatic rings. The van der Waals surface area contributed by atoms with Crippen molar-refractivity contribution in [2.75, 3.05) is 5.32 Å². The number of rotatable bonds is 3. The number of anilines is 1. The van der Waals surface area contributed by atoms with Gasteiger partial charge < -0.3 is 5.32 Å². The van der Waals surface area contributed by atoms with E-state index in [1.807, 2.05) is 13.0 Å². The highest BCUT2D eigenvalue weighted by Crippen LogP contribution is 2.07. The lowest BCUT2D eigenvalue weighted by Gasteiger charge is -2.04. The Balaban J connectivity index is 1.74. The molecule has 0 aromatic carbocycles. The van der Waals surface area contributed by atoms with Gasteiger partial charge in [0.1, 0.15) is 18.5 Å². The van der Waals surface area contributed by atoms with Crippen molar-refractivity contribution in [1.29, 1.82) is 0 Å². The second-order valence-electron chi connectivity index (χ2n) is 4.29. The Kier molecular flexibility index (Phi) is 3.34. The molecule has 0 atom stereocenters. The van der Waals surface area contributed by atoms with Gasteiger partial charge >= 0.3 is 0 Å². The average molecular weight is 281 g/mol. The minimum Gasteiger partial charge on any atom is -0.305 e. The van der Waals surface area contributed by atoms with Crippen LogP contribution in [0.2, 0.25) is 0 Å². The number of pyridine rings is 1. The van der Waals surface area contributed by atoms with Crippen molar-refractivity contribution in [3.8, 4) is 5.82 Å². The van der Waals surface area contributed by atoms with Crippen LogP contribution in [0.5, 0.6) is 0 Å². The summed E-state index contributed by atoms with van der Waals surface area (Å²) < 4.78 is 1.45. The summed E-state index contributed by atoms with van der Waals surface area (Å²) >= 11 is 0. The third-order valence-electron chi connectivity index (χ3n) is 2.69. The van der Waals surface area contributed by atoms with E-state index in [4.69, 9.17) is 0 Å². The van der Waals surface area contributed by atoms with Gasteiger partial charge in [-0.15, -0.1) is 10.2 Å². The first-order valence-electron chi connectivity index (χ1n) is 6.15. The van der Waals surface area contributed by atoms with E-state index in [2.05, 4.69) is 30.6 Å². The van der Waals surface area contributed by atoms with Gasteiger partial charge in [0.25, 0.3) is 5.91 Å². The number of nitrogens with zero attached hydrogens (tertiary/aromatic N) is 6. The first-order valence-corrected chi connectivity index (χ1v) is 6.15. The van der Waals surface area contributed by atoms with Gasteiger partial charge in [-0.1, -0.05) is 6.07 Å². The zero-order chi connectivity index (χ0) is 14.7. The van der Waals surface area contributed by atoms with Crippen molar-refractivity contribution in [2.24, 2.45) is 0 Å². The Hall–Kier alpha value is -3.16. The van der Waals surface area contributed by atoms with Crippen LogP contribution in [-0.2, 0) is 0 Å². The summed E-state index contributed by atoms with van der Waals surface area (Å²) in [6, 6.07) is 6.79. The summed E-state index contributed by atoms with van der Waals surface area (Å²) in [5.41, 5.74) is 1.21. The van der Waals surface area contributed by atoms with Gasteiger partial charge in [0.2, 0.25) is 0 Å². The number of carbonyl (C=O) groups is 1. The Morgan fingerprint density at radius 1 is 1.19 bits per heavy atom. The molecule has 3 aromatic rings. The van der Waals surface area contributed by atoms with E-state index < -0.39 is 0 Å². The molecule has 104 valence electrons. The summed E-state index contributed by atoms with van der Waals surface area (Å²) in [5.74, 6) is 0.578. The molecular formula is C13H11N7O. The zero-order valence-corrected chi connectivity index (χ0v) is 11.1. The fourth-order valence-electron chi connectivity index (χ4n) is 1.62. The maximum atomic E-state index is 12.0. The smallest absolute Gasteiger partial charge is 0.277 e. The number of amides is 1. The molecule has 0 aliphatic carbocycles.